The van der Waals surface area contributed by atoms with Crippen molar-refractivity contribution in [2.24, 2.45) is 0 Å². The Kier molecular flexibility index (Phi) is 5.02. The van der Waals surface area contributed by atoms with E-state index in [-0.39, 0.29) is 11.3 Å². The Morgan fingerprint density at radius 1 is 1.08 bits per heavy atom. The Balaban J connectivity index is 1.59. The van der Waals surface area contributed by atoms with Crippen molar-refractivity contribution < 1.29 is 9.21 Å². The molecule has 0 aliphatic rings. The molecule has 0 aliphatic carbocycles. The fourth-order valence-corrected chi connectivity index (χ4v) is 2.37. The number of benzene rings is 1. The van der Waals surface area contributed by atoms with Crippen LogP contribution in [0.1, 0.15) is 42.5 Å². The molecule has 1 aromatic carbocycles. The highest BCUT2D eigenvalue weighted by Crippen LogP contribution is 2.23. The second-order valence-corrected chi connectivity index (χ2v) is 7.01. The highest BCUT2D eigenvalue weighted by atomic mass is 16.3. The van der Waals surface area contributed by atoms with Crippen LogP contribution in [0.15, 0.2) is 59.5 Å². The maximum Gasteiger partial charge on any atom is 0.258 e. The van der Waals surface area contributed by atoms with Gasteiger partial charge in [-0.15, -0.1) is 0 Å². The lowest BCUT2D eigenvalue weighted by molar-refractivity contribution is 0.102. The molecule has 1 amide bonds. The van der Waals surface area contributed by atoms with Gasteiger partial charge in [-0.2, -0.15) is 0 Å². The van der Waals surface area contributed by atoms with Gasteiger partial charge in [0, 0.05) is 18.1 Å². The average Bonchev–Trinajstić information content (AvgIpc) is 3.13. The first-order valence-electron chi connectivity index (χ1n) is 8.42. The Morgan fingerprint density at radius 2 is 1.77 bits per heavy atom. The number of hydrogen-bond donors (Lipinski definition) is 2. The highest BCUT2D eigenvalue weighted by molar-refractivity contribution is 6.03. The first-order valence-corrected chi connectivity index (χ1v) is 8.42. The van der Waals surface area contributed by atoms with Gasteiger partial charge in [0.15, 0.2) is 0 Å². The van der Waals surface area contributed by atoms with Gasteiger partial charge >= 0.3 is 0 Å². The topological polar surface area (TPSA) is 80.0 Å². The van der Waals surface area contributed by atoms with Gasteiger partial charge in [0.25, 0.3) is 5.91 Å². The van der Waals surface area contributed by atoms with Gasteiger partial charge in [0.2, 0.25) is 5.95 Å². The van der Waals surface area contributed by atoms with Crippen LogP contribution in [0.3, 0.4) is 0 Å². The Morgan fingerprint density at radius 3 is 2.35 bits per heavy atom. The van der Waals surface area contributed by atoms with E-state index in [1.165, 1.54) is 18.0 Å². The molecule has 6 heteroatoms. The quantitative estimate of drug-likeness (QED) is 0.720. The lowest BCUT2D eigenvalue weighted by Gasteiger charge is -2.19. The summed E-state index contributed by atoms with van der Waals surface area (Å²) in [6.45, 7) is 6.94. The molecule has 0 unspecified atom stereocenters. The molecule has 2 heterocycles. The molecule has 0 saturated carbocycles. The van der Waals surface area contributed by atoms with Crippen LogP contribution >= 0.6 is 0 Å². The van der Waals surface area contributed by atoms with Crippen LogP contribution < -0.4 is 10.6 Å². The fourth-order valence-electron chi connectivity index (χ4n) is 2.37. The molecule has 2 N–H and O–H groups in total. The van der Waals surface area contributed by atoms with Gasteiger partial charge in [-0.1, -0.05) is 32.9 Å². The third-order valence-electron chi connectivity index (χ3n) is 3.92. The molecule has 0 aliphatic heterocycles. The van der Waals surface area contributed by atoms with E-state index in [1.807, 2.05) is 36.4 Å². The van der Waals surface area contributed by atoms with E-state index in [1.54, 1.807) is 6.26 Å². The van der Waals surface area contributed by atoms with Gasteiger partial charge in [-0.3, -0.25) is 4.79 Å². The minimum atomic E-state index is -0.244. The molecular weight excluding hydrogens is 328 g/mol. The Hall–Kier alpha value is -3.15. The van der Waals surface area contributed by atoms with Gasteiger partial charge in [-0.25, -0.2) is 9.97 Å². The molecule has 2 aromatic heterocycles. The van der Waals surface area contributed by atoms with Crippen LogP contribution in [-0.2, 0) is 12.0 Å². The van der Waals surface area contributed by atoms with Crippen LogP contribution in [0.2, 0.25) is 0 Å². The van der Waals surface area contributed by atoms with E-state index in [0.717, 1.165) is 11.4 Å². The van der Waals surface area contributed by atoms with Crippen LogP contribution in [0.4, 0.5) is 11.6 Å². The van der Waals surface area contributed by atoms with Crippen LogP contribution in [0, 0.1) is 0 Å². The van der Waals surface area contributed by atoms with Crippen LogP contribution in [-0.4, -0.2) is 15.9 Å². The molecule has 0 atom stereocenters. The number of nitrogens with one attached hydrogen (secondary N) is 2. The lowest BCUT2D eigenvalue weighted by atomic mass is 9.87. The Labute approximate surface area is 152 Å². The van der Waals surface area contributed by atoms with Crippen LogP contribution in [0.5, 0.6) is 0 Å². The number of carbonyl (C=O) groups excluding carboxylic acids is 1. The number of aromatic nitrogens is 2. The number of rotatable bonds is 5. The van der Waals surface area contributed by atoms with E-state index in [4.69, 9.17) is 4.42 Å². The van der Waals surface area contributed by atoms with Gasteiger partial charge in [-0.05, 0) is 35.2 Å². The minimum Gasteiger partial charge on any atom is -0.467 e. The van der Waals surface area contributed by atoms with Crippen molar-refractivity contribution in [3.63, 3.8) is 0 Å². The third-order valence-corrected chi connectivity index (χ3v) is 3.92. The molecule has 134 valence electrons. The second-order valence-electron chi connectivity index (χ2n) is 7.01. The normalized spacial score (nSPS) is 11.2. The van der Waals surface area contributed by atoms with Crippen molar-refractivity contribution in [3.05, 3.63) is 71.9 Å². The van der Waals surface area contributed by atoms with Crippen molar-refractivity contribution in [2.45, 2.75) is 32.7 Å². The van der Waals surface area contributed by atoms with Crippen molar-refractivity contribution in [3.8, 4) is 0 Å². The van der Waals surface area contributed by atoms with Crippen molar-refractivity contribution in [1.82, 2.24) is 9.97 Å². The Bertz CT molecular complexity index is 848. The smallest absolute Gasteiger partial charge is 0.258 e. The highest BCUT2D eigenvalue weighted by Gasteiger charge is 2.13. The summed E-state index contributed by atoms with van der Waals surface area (Å²) in [4.78, 5) is 20.7. The lowest BCUT2D eigenvalue weighted by Crippen LogP contribution is -2.14. The SMILES string of the molecule is CC(C)(C)c1ccc(NC(=O)c2cnc(NCc3ccco3)nc2)cc1. The summed E-state index contributed by atoms with van der Waals surface area (Å²) in [6.07, 6.45) is 4.60. The number of furan rings is 1. The molecule has 0 radical (unpaired) electrons. The third kappa shape index (κ3) is 4.47. The molecule has 0 bridgehead atoms. The summed E-state index contributed by atoms with van der Waals surface area (Å²) in [5, 5.41) is 5.89. The summed E-state index contributed by atoms with van der Waals surface area (Å²) in [7, 11) is 0. The number of amides is 1. The van der Waals surface area contributed by atoms with Gasteiger partial charge < -0.3 is 15.1 Å². The zero-order chi connectivity index (χ0) is 18.6. The molecule has 3 aromatic rings. The first-order chi connectivity index (χ1) is 12.4. The van der Waals surface area contributed by atoms with E-state index in [2.05, 4.69) is 41.4 Å². The van der Waals surface area contributed by atoms with E-state index in [9.17, 15) is 4.79 Å². The van der Waals surface area contributed by atoms with E-state index in [0.29, 0.717) is 18.1 Å². The molecule has 3 rings (SSSR count). The standard InChI is InChI=1S/C20H22N4O2/c1-20(2,3)15-6-8-16(9-7-15)24-18(25)14-11-21-19(22-12-14)23-13-17-5-4-10-26-17/h4-12H,13H2,1-3H3,(H,24,25)(H,21,22,23). The zero-order valence-corrected chi connectivity index (χ0v) is 15.1. The monoisotopic (exact) mass is 350 g/mol. The van der Waals surface area contributed by atoms with Gasteiger partial charge in [0.1, 0.15) is 5.76 Å². The summed E-state index contributed by atoms with van der Waals surface area (Å²) in [6, 6.07) is 11.5. The van der Waals surface area contributed by atoms with E-state index >= 15 is 0 Å². The maximum absolute atomic E-state index is 12.3. The maximum atomic E-state index is 12.3. The predicted octanol–water partition coefficient (Wildman–Crippen LogP) is 4.23. The molecule has 26 heavy (non-hydrogen) atoms. The summed E-state index contributed by atoms with van der Waals surface area (Å²) in [5.74, 6) is 0.979. The first kappa shape index (κ1) is 17.7. The summed E-state index contributed by atoms with van der Waals surface area (Å²) < 4.78 is 5.23. The van der Waals surface area contributed by atoms with Crippen molar-refractivity contribution >= 4 is 17.5 Å². The van der Waals surface area contributed by atoms with E-state index < -0.39 is 0 Å². The minimum absolute atomic E-state index is 0.0782. The number of carbonyl (C=O) groups is 1. The molecule has 0 fully saturated rings. The summed E-state index contributed by atoms with van der Waals surface area (Å²) in [5.41, 5.74) is 2.43. The van der Waals surface area contributed by atoms with Crippen LogP contribution in [0.25, 0.3) is 0 Å². The molecular formula is C20H22N4O2. The number of hydrogen-bond acceptors (Lipinski definition) is 5. The molecule has 0 spiro atoms. The molecule has 0 saturated heterocycles. The van der Waals surface area contributed by atoms with Gasteiger partial charge in [0.05, 0.1) is 18.4 Å². The second kappa shape index (κ2) is 7.39. The average molecular weight is 350 g/mol. The fraction of sp³-hybridized carbons (Fsp3) is 0.250. The predicted molar refractivity (Wildman–Crippen MR) is 101 cm³/mol. The number of nitrogens with zero attached hydrogens (tertiary/aromatic N) is 2. The molecule has 6 nitrogen and oxygen atoms in total. The van der Waals surface area contributed by atoms with Crippen molar-refractivity contribution in [1.29, 1.82) is 0 Å². The zero-order valence-electron chi connectivity index (χ0n) is 15.1. The summed E-state index contributed by atoms with van der Waals surface area (Å²) >= 11 is 0. The largest absolute Gasteiger partial charge is 0.467 e. The van der Waals surface area contributed by atoms with Crippen molar-refractivity contribution in [2.75, 3.05) is 10.6 Å². The number of anilines is 2.